The SMILES string of the molecule is COc1ccc(S(=O)(=O)N2CCN(C(=O)CCc3cccc(Cl)c3Cl)CC2)cc1. The summed E-state index contributed by atoms with van der Waals surface area (Å²) in [6.45, 7) is 1.24. The van der Waals surface area contributed by atoms with Gasteiger partial charge in [-0.25, -0.2) is 8.42 Å². The topological polar surface area (TPSA) is 66.9 Å². The summed E-state index contributed by atoms with van der Waals surface area (Å²) >= 11 is 12.2. The van der Waals surface area contributed by atoms with E-state index in [9.17, 15) is 13.2 Å². The maximum Gasteiger partial charge on any atom is 0.243 e. The normalized spacial score (nSPS) is 15.3. The molecule has 9 heteroatoms. The fourth-order valence-corrected chi connectivity index (χ4v) is 5.05. The molecule has 156 valence electrons. The van der Waals surface area contributed by atoms with Crippen LogP contribution in [-0.4, -0.2) is 56.8 Å². The van der Waals surface area contributed by atoms with E-state index in [1.807, 2.05) is 6.07 Å². The average Bonchev–Trinajstić information content (AvgIpc) is 2.74. The van der Waals surface area contributed by atoms with Crippen LogP contribution in [0.25, 0.3) is 0 Å². The minimum Gasteiger partial charge on any atom is -0.497 e. The van der Waals surface area contributed by atoms with Gasteiger partial charge in [0.1, 0.15) is 5.75 Å². The first-order chi connectivity index (χ1) is 13.8. The molecular weight excluding hydrogens is 435 g/mol. The van der Waals surface area contributed by atoms with Crippen LogP contribution in [0.4, 0.5) is 0 Å². The van der Waals surface area contributed by atoms with Crippen LogP contribution >= 0.6 is 23.2 Å². The Morgan fingerprint density at radius 1 is 1.03 bits per heavy atom. The second-order valence-corrected chi connectivity index (χ2v) is 9.40. The van der Waals surface area contributed by atoms with E-state index >= 15 is 0 Å². The fraction of sp³-hybridized carbons (Fsp3) is 0.350. The minimum absolute atomic E-state index is 0.0254. The van der Waals surface area contributed by atoms with Crippen LogP contribution < -0.4 is 4.74 Å². The maximum atomic E-state index is 12.8. The van der Waals surface area contributed by atoms with Gasteiger partial charge in [-0.15, -0.1) is 0 Å². The van der Waals surface area contributed by atoms with E-state index in [0.717, 1.165) is 5.56 Å². The molecule has 0 bridgehead atoms. The second kappa shape index (κ2) is 9.34. The molecule has 1 aliphatic rings. The third kappa shape index (κ3) is 5.04. The third-order valence-corrected chi connectivity index (χ3v) is 7.70. The molecular formula is C20H22Cl2N2O4S. The molecule has 0 radical (unpaired) electrons. The number of ether oxygens (including phenoxy) is 1. The van der Waals surface area contributed by atoms with Crippen molar-refractivity contribution in [2.75, 3.05) is 33.3 Å². The van der Waals surface area contributed by atoms with E-state index in [-0.39, 0.29) is 23.9 Å². The summed E-state index contributed by atoms with van der Waals surface area (Å²) in [7, 11) is -2.07. The zero-order chi connectivity index (χ0) is 21.0. The molecule has 2 aromatic rings. The van der Waals surface area contributed by atoms with Crippen molar-refractivity contribution < 1.29 is 17.9 Å². The first-order valence-electron chi connectivity index (χ1n) is 9.18. The highest BCUT2D eigenvalue weighted by Gasteiger charge is 2.30. The highest BCUT2D eigenvalue weighted by molar-refractivity contribution is 7.89. The summed E-state index contributed by atoms with van der Waals surface area (Å²) in [6.07, 6.45) is 0.786. The number of methoxy groups -OCH3 is 1. The summed E-state index contributed by atoms with van der Waals surface area (Å²) < 4.78 is 32.1. The molecule has 1 fully saturated rings. The molecule has 0 aliphatic carbocycles. The summed E-state index contributed by atoms with van der Waals surface area (Å²) in [6, 6.07) is 11.7. The van der Waals surface area contributed by atoms with Gasteiger partial charge in [0.2, 0.25) is 15.9 Å². The molecule has 1 heterocycles. The number of rotatable bonds is 6. The van der Waals surface area contributed by atoms with Crippen molar-refractivity contribution >= 4 is 39.1 Å². The maximum absolute atomic E-state index is 12.8. The van der Waals surface area contributed by atoms with Crippen LogP contribution in [0.2, 0.25) is 10.0 Å². The zero-order valence-electron chi connectivity index (χ0n) is 16.0. The van der Waals surface area contributed by atoms with Crippen molar-refractivity contribution in [1.82, 2.24) is 9.21 Å². The summed E-state index contributed by atoms with van der Waals surface area (Å²) in [4.78, 5) is 14.4. The first-order valence-corrected chi connectivity index (χ1v) is 11.4. The Balaban J connectivity index is 1.56. The number of aryl methyl sites for hydroxylation is 1. The van der Waals surface area contributed by atoms with E-state index < -0.39 is 10.0 Å². The largest absolute Gasteiger partial charge is 0.497 e. The van der Waals surface area contributed by atoms with E-state index in [1.54, 1.807) is 29.2 Å². The summed E-state index contributed by atoms with van der Waals surface area (Å²) in [5.41, 5.74) is 0.827. The third-order valence-electron chi connectivity index (χ3n) is 4.93. The highest BCUT2D eigenvalue weighted by atomic mass is 35.5. The number of hydrogen-bond donors (Lipinski definition) is 0. The standard InChI is InChI=1S/C20H22Cl2N2O4S/c1-28-16-6-8-17(9-7-16)29(26,27)24-13-11-23(12-14-24)19(25)10-5-15-3-2-4-18(21)20(15)22/h2-4,6-9H,5,10-14H2,1H3. The van der Waals surface area contributed by atoms with Gasteiger partial charge in [-0.2, -0.15) is 4.31 Å². The average molecular weight is 457 g/mol. The second-order valence-electron chi connectivity index (χ2n) is 6.67. The fourth-order valence-electron chi connectivity index (χ4n) is 3.22. The number of benzene rings is 2. The summed E-state index contributed by atoms with van der Waals surface area (Å²) in [5.74, 6) is 0.571. The van der Waals surface area contributed by atoms with Crippen molar-refractivity contribution in [2.24, 2.45) is 0 Å². The molecule has 1 saturated heterocycles. The van der Waals surface area contributed by atoms with Gasteiger partial charge >= 0.3 is 0 Å². The number of hydrogen-bond acceptors (Lipinski definition) is 4. The van der Waals surface area contributed by atoms with Crippen molar-refractivity contribution in [2.45, 2.75) is 17.7 Å². The van der Waals surface area contributed by atoms with Gasteiger partial charge in [-0.05, 0) is 42.3 Å². The number of sulfonamides is 1. The molecule has 0 spiro atoms. The molecule has 1 aliphatic heterocycles. The molecule has 3 rings (SSSR count). The number of carbonyl (C=O) groups is 1. The number of halogens is 2. The lowest BCUT2D eigenvalue weighted by Gasteiger charge is -2.34. The molecule has 29 heavy (non-hydrogen) atoms. The van der Waals surface area contributed by atoms with Crippen LogP contribution in [0.1, 0.15) is 12.0 Å². The smallest absolute Gasteiger partial charge is 0.243 e. The van der Waals surface area contributed by atoms with Crippen molar-refractivity contribution in [1.29, 1.82) is 0 Å². The van der Waals surface area contributed by atoms with E-state index in [0.29, 0.717) is 41.7 Å². The Bertz CT molecular complexity index is 972. The van der Waals surface area contributed by atoms with Crippen LogP contribution in [0.3, 0.4) is 0 Å². The lowest BCUT2D eigenvalue weighted by molar-refractivity contribution is -0.132. The van der Waals surface area contributed by atoms with Gasteiger partial charge < -0.3 is 9.64 Å². The number of carbonyl (C=O) groups excluding carboxylic acids is 1. The molecule has 0 N–H and O–H groups in total. The first kappa shape index (κ1) is 21.9. The van der Waals surface area contributed by atoms with Crippen LogP contribution in [0.5, 0.6) is 5.75 Å². The van der Waals surface area contributed by atoms with Crippen LogP contribution in [0, 0.1) is 0 Å². The van der Waals surface area contributed by atoms with Gasteiger partial charge in [0, 0.05) is 32.6 Å². The van der Waals surface area contributed by atoms with E-state index in [2.05, 4.69) is 0 Å². The van der Waals surface area contributed by atoms with Crippen molar-refractivity contribution in [3.05, 3.63) is 58.1 Å². The van der Waals surface area contributed by atoms with Crippen molar-refractivity contribution in [3.63, 3.8) is 0 Å². The van der Waals surface area contributed by atoms with Gasteiger partial charge in [0.05, 0.1) is 22.1 Å². The number of piperazine rings is 1. The molecule has 0 atom stereocenters. The van der Waals surface area contributed by atoms with E-state index in [1.165, 1.54) is 23.5 Å². The zero-order valence-corrected chi connectivity index (χ0v) is 18.3. The molecule has 0 aromatic heterocycles. The Morgan fingerprint density at radius 3 is 2.31 bits per heavy atom. The van der Waals surface area contributed by atoms with E-state index in [4.69, 9.17) is 27.9 Å². The predicted molar refractivity (Wildman–Crippen MR) is 113 cm³/mol. The van der Waals surface area contributed by atoms with Crippen LogP contribution in [0.15, 0.2) is 47.4 Å². The lowest BCUT2D eigenvalue weighted by atomic mass is 10.1. The lowest BCUT2D eigenvalue weighted by Crippen LogP contribution is -2.50. The monoisotopic (exact) mass is 456 g/mol. The molecule has 1 amide bonds. The Labute approximate surface area is 181 Å². The van der Waals surface area contributed by atoms with Gasteiger partial charge in [-0.3, -0.25) is 4.79 Å². The minimum atomic E-state index is -3.59. The highest BCUT2D eigenvalue weighted by Crippen LogP contribution is 2.27. The number of amides is 1. The summed E-state index contributed by atoms with van der Waals surface area (Å²) in [5, 5.41) is 0.936. The Morgan fingerprint density at radius 2 is 1.69 bits per heavy atom. The Hall–Kier alpha value is -1.80. The molecule has 6 nitrogen and oxygen atoms in total. The quantitative estimate of drug-likeness (QED) is 0.667. The molecule has 2 aromatic carbocycles. The predicted octanol–water partition coefficient (Wildman–Crippen LogP) is 3.47. The van der Waals surface area contributed by atoms with Gasteiger partial charge in [0.15, 0.2) is 0 Å². The molecule has 0 unspecified atom stereocenters. The molecule has 0 saturated carbocycles. The van der Waals surface area contributed by atoms with Crippen molar-refractivity contribution in [3.8, 4) is 5.75 Å². The van der Waals surface area contributed by atoms with Crippen LogP contribution in [-0.2, 0) is 21.2 Å². The van der Waals surface area contributed by atoms with Gasteiger partial charge in [0.25, 0.3) is 0 Å². The van der Waals surface area contributed by atoms with Gasteiger partial charge in [-0.1, -0.05) is 35.3 Å². The number of nitrogens with zero attached hydrogens (tertiary/aromatic N) is 2. The Kier molecular flexibility index (Phi) is 7.05.